The summed E-state index contributed by atoms with van der Waals surface area (Å²) in [7, 11) is -16.9. The van der Waals surface area contributed by atoms with Gasteiger partial charge in [-0.2, -0.15) is 8.62 Å². The number of nitrogens with one attached hydrogen (secondary N) is 1. The smallest absolute Gasteiger partial charge is 0.387 e. The van der Waals surface area contributed by atoms with Crippen molar-refractivity contribution < 1.29 is 61.4 Å². The Morgan fingerprint density at radius 3 is 2.31 bits per heavy atom. The van der Waals surface area contributed by atoms with Crippen LogP contribution in [0.15, 0.2) is 34.5 Å². The van der Waals surface area contributed by atoms with Gasteiger partial charge >= 0.3 is 29.2 Å². The summed E-state index contributed by atoms with van der Waals surface area (Å²) in [5.74, 6) is 0. The van der Waals surface area contributed by atoms with Crippen molar-refractivity contribution in [1.82, 2.24) is 9.55 Å². The number of H-pyrrole nitrogens is 1. The highest BCUT2D eigenvalue weighted by molar-refractivity contribution is 7.66. The number of hydrogen-bond acceptors (Lipinski definition) is 11. The van der Waals surface area contributed by atoms with Crippen molar-refractivity contribution in [3.8, 4) is 0 Å². The van der Waals surface area contributed by atoms with E-state index in [4.69, 9.17) is 19.4 Å². The Morgan fingerprint density at radius 2 is 1.78 bits per heavy atom. The molecule has 20 heteroatoms. The number of phosphoric acid groups is 3. The van der Waals surface area contributed by atoms with Gasteiger partial charge in [0.2, 0.25) is 0 Å². The van der Waals surface area contributed by atoms with Crippen LogP contribution in [-0.2, 0) is 37.3 Å². The lowest BCUT2D eigenvalue weighted by atomic mass is 9.99. The molecule has 0 aromatic carbocycles. The van der Waals surface area contributed by atoms with Gasteiger partial charge in [0.15, 0.2) is 5.72 Å². The molecule has 2 rings (SSSR count). The number of ether oxygens (including phenoxy) is 1. The Morgan fingerprint density at radius 1 is 1.16 bits per heavy atom. The van der Waals surface area contributed by atoms with Gasteiger partial charge in [-0.3, -0.25) is 18.9 Å². The van der Waals surface area contributed by atoms with Crippen LogP contribution in [0.5, 0.6) is 0 Å². The third-order valence-corrected chi connectivity index (χ3v) is 7.81. The standard InChI is InChI=1S/C12H19N2O15P3/c1-2-4-12(14-5-3-8(15)13-11(14)18)10(17)9(16)7(27-12)6-26-31(22,23)29-32(24,25)28-30(19,20)21/h2-3,5,7,9-10,16-17H,1,4,6H2,(H,22,23)(H,24,25)(H,13,15,18)(H2,19,20,21)/t7-,9-,10-,12-/m1/s1. The van der Waals surface area contributed by atoms with E-state index in [-0.39, 0.29) is 6.42 Å². The molecule has 2 unspecified atom stereocenters. The third kappa shape index (κ3) is 6.40. The van der Waals surface area contributed by atoms with E-state index < -0.39 is 65.4 Å². The minimum absolute atomic E-state index is 0.303. The zero-order chi connectivity index (χ0) is 24.5. The molecule has 1 aliphatic rings. The van der Waals surface area contributed by atoms with Crippen molar-refractivity contribution in [2.24, 2.45) is 0 Å². The molecule has 0 bridgehead atoms. The van der Waals surface area contributed by atoms with Crippen molar-refractivity contribution in [2.75, 3.05) is 6.61 Å². The molecule has 1 aromatic heterocycles. The summed E-state index contributed by atoms with van der Waals surface area (Å²) in [6.07, 6.45) is -3.50. The number of phosphoric ester groups is 1. The first-order chi connectivity index (χ1) is 14.5. The van der Waals surface area contributed by atoms with Crippen LogP contribution in [0.25, 0.3) is 0 Å². The summed E-state index contributed by atoms with van der Waals surface area (Å²) in [4.78, 5) is 61.1. The fourth-order valence-electron chi connectivity index (χ4n) is 2.86. The van der Waals surface area contributed by atoms with Crippen LogP contribution in [0.1, 0.15) is 6.42 Å². The first-order valence-corrected chi connectivity index (χ1v) is 12.8. The van der Waals surface area contributed by atoms with Gasteiger partial charge in [0, 0.05) is 18.7 Å². The first-order valence-electron chi connectivity index (χ1n) is 8.27. The lowest BCUT2D eigenvalue weighted by Crippen LogP contribution is -2.51. The summed E-state index contributed by atoms with van der Waals surface area (Å²) < 4.78 is 51.6. The van der Waals surface area contributed by atoms with Crippen LogP contribution < -0.4 is 11.2 Å². The predicted molar refractivity (Wildman–Crippen MR) is 101 cm³/mol. The summed E-state index contributed by atoms with van der Waals surface area (Å²) in [5.41, 5.74) is -3.83. The number of aliphatic hydroxyl groups is 2. The fourth-order valence-corrected chi connectivity index (χ4v) is 5.89. The Bertz CT molecular complexity index is 1110. The largest absolute Gasteiger partial charge is 0.490 e. The molecule has 1 aromatic rings. The maximum atomic E-state index is 12.2. The molecule has 0 saturated carbocycles. The Balaban J connectivity index is 2.23. The molecule has 2 heterocycles. The number of aromatic nitrogens is 2. The molecule has 0 amide bonds. The van der Waals surface area contributed by atoms with E-state index in [0.29, 0.717) is 0 Å². The minimum Gasteiger partial charge on any atom is -0.387 e. The van der Waals surface area contributed by atoms with Crippen molar-refractivity contribution in [3.05, 3.63) is 45.8 Å². The second kappa shape index (κ2) is 9.52. The van der Waals surface area contributed by atoms with E-state index in [1.165, 1.54) is 6.08 Å². The average Bonchev–Trinajstić information content (AvgIpc) is 2.83. The van der Waals surface area contributed by atoms with E-state index in [1.54, 1.807) is 0 Å². The van der Waals surface area contributed by atoms with Crippen molar-refractivity contribution in [3.63, 3.8) is 0 Å². The van der Waals surface area contributed by atoms with Crippen LogP contribution in [-0.4, -0.2) is 64.3 Å². The maximum Gasteiger partial charge on any atom is 0.490 e. The van der Waals surface area contributed by atoms with Crippen molar-refractivity contribution >= 4 is 23.5 Å². The van der Waals surface area contributed by atoms with Gasteiger partial charge in [-0.15, -0.1) is 6.58 Å². The normalized spacial score (nSPS) is 29.9. The zero-order valence-electron chi connectivity index (χ0n) is 15.7. The minimum atomic E-state index is -5.77. The summed E-state index contributed by atoms with van der Waals surface area (Å²) in [5, 5.41) is 20.8. The molecule has 1 saturated heterocycles. The lowest BCUT2D eigenvalue weighted by Gasteiger charge is -2.32. The van der Waals surface area contributed by atoms with Gasteiger partial charge in [0.05, 0.1) is 6.61 Å². The van der Waals surface area contributed by atoms with Gasteiger partial charge in [-0.25, -0.2) is 18.5 Å². The highest BCUT2D eigenvalue weighted by Crippen LogP contribution is 2.66. The molecule has 1 aliphatic heterocycles. The lowest BCUT2D eigenvalue weighted by molar-refractivity contribution is -0.147. The number of hydrogen-bond donors (Lipinski definition) is 7. The highest BCUT2D eigenvalue weighted by atomic mass is 31.3. The first kappa shape index (κ1) is 27.0. The Labute approximate surface area is 177 Å². The summed E-state index contributed by atoms with van der Waals surface area (Å²) in [6, 6.07) is 0.925. The second-order valence-corrected chi connectivity index (χ2v) is 10.7. The molecule has 0 spiro atoms. The quantitative estimate of drug-likeness (QED) is 0.132. The van der Waals surface area contributed by atoms with Crippen LogP contribution in [0, 0.1) is 0 Å². The molecule has 0 aliphatic carbocycles. The number of aromatic amines is 1. The molecule has 182 valence electrons. The van der Waals surface area contributed by atoms with Crippen LogP contribution in [0.4, 0.5) is 0 Å². The van der Waals surface area contributed by atoms with Crippen LogP contribution >= 0.6 is 23.5 Å². The van der Waals surface area contributed by atoms with E-state index in [1.807, 2.05) is 4.98 Å². The van der Waals surface area contributed by atoms with Crippen molar-refractivity contribution in [2.45, 2.75) is 30.5 Å². The van der Waals surface area contributed by atoms with E-state index >= 15 is 0 Å². The third-order valence-electron chi connectivity index (χ3n) is 4.01. The van der Waals surface area contributed by atoms with Gasteiger partial charge in [-0.1, -0.05) is 6.08 Å². The topological polar surface area (TPSA) is 264 Å². The Hall–Kier alpha value is -1.29. The maximum absolute atomic E-state index is 12.2. The molecule has 7 N–H and O–H groups in total. The Kier molecular flexibility index (Phi) is 8.02. The van der Waals surface area contributed by atoms with Gasteiger partial charge in [0.25, 0.3) is 5.56 Å². The number of aliphatic hydroxyl groups excluding tert-OH is 2. The SMILES string of the molecule is C=CC[C@@]1(n2ccc(=O)[nH]c2=O)O[C@H](COP(=O)(O)OP(=O)(O)OP(=O)(O)O)[C@@H](O)[C@H]1O. The molecular formula is C12H19N2O15P3. The van der Waals surface area contributed by atoms with E-state index in [2.05, 4.69) is 19.7 Å². The molecule has 0 radical (unpaired) electrons. The van der Waals surface area contributed by atoms with Gasteiger partial charge < -0.3 is 34.5 Å². The highest BCUT2D eigenvalue weighted by Gasteiger charge is 2.56. The molecule has 32 heavy (non-hydrogen) atoms. The average molecular weight is 524 g/mol. The predicted octanol–water partition coefficient (Wildman–Crippen LogP) is -1.77. The summed E-state index contributed by atoms with van der Waals surface area (Å²) >= 11 is 0. The molecule has 17 nitrogen and oxygen atoms in total. The molecule has 6 atom stereocenters. The fraction of sp³-hybridized carbons (Fsp3) is 0.500. The summed E-state index contributed by atoms with van der Waals surface area (Å²) in [6.45, 7) is 2.36. The van der Waals surface area contributed by atoms with Crippen molar-refractivity contribution in [1.29, 1.82) is 0 Å². The monoisotopic (exact) mass is 524 g/mol. The second-order valence-electron chi connectivity index (χ2n) is 6.30. The van der Waals surface area contributed by atoms with Crippen LogP contribution in [0.3, 0.4) is 0 Å². The van der Waals surface area contributed by atoms with E-state index in [9.17, 15) is 38.4 Å². The van der Waals surface area contributed by atoms with Crippen LogP contribution in [0.2, 0.25) is 0 Å². The van der Waals surface area contributed by atoms with Gasteiger partial charge in [-0.05, 0) is 0 Å². The molecular weight excluding hydrogens is 505 g/mol. The number of nitrogens with zero attached hydrogens (tertiary/aromatic N) is 1. The zero-order valence-corrected chi connectivity index (χ0v) is 18.4. The molecule has 1 fully saturated rings. The van der Waals surface area contributed by atoms with E-state index in [0.717, 1.165) is 16.8 Å². The van der Waals surface area contributed by atoms with Gasteiger partial charge in [0.1, 0.15) is 18.3 Å². The number of rotatable bonds is 10.